The standard InChI is InChI=1S/C12H16O2/c1-12(7-10(8-13)9-14-12)11-5-3-2-4-6-11/h2-6,10,13H,7-9H2,1H3/t10-,12-/m1/s1. The SMILES string of the molecule is C[C@]1(c2ccccc2)C[C@H](CO)CO1. The van der Waals surface area contributed by atoms with Crippen molar-refractivity contribution in [3.05, 3.63) is 35.9 Å². The molecule has 1 heterocycles. The normalized spacial score (nSPS) is 32.0. The van der Waals surface area contributed by atoms with Crippen LogP contribution in [0.1, 0.15) is 18.9 Å². The first-order valence-corrected chi connectivity index (χ1v) is 5.05. The lowest BCUT2D eigenvalue weighted by atomic mass is 9.89. The van der Waals surface area contributed by atoms with E-state index in [0.717, 1.165) is 6.42 Å². The lowest BCUT2D eigenvalue weighted by Gasteiger charge is -2.23. The molecule has 2 atom stereocenters. The van der Waals surface area contributed by atoms with Crippen molar-refractivity contribution in [2.45, 2.75) is 18.9 Å². The Morgan fingerprint density at radius 2 is 2.14 bits per heavy atom. The lowest BCUT2D eigenvalue weighted by molar-refractivity contribution is 0.0148. The Balaban J connectivity index is 2.19. The third-order valence-electron chi connectivity index (χ3n) is 2.96. The van der Waals surface area contributed by atoms with Crippen LogP contribution in [0, 0.1) is 5.92 Å². The minimum Gasteiger partial charge on any atom is -0.396 e. The number of aliphatic hydroxyl groups is 1. The highest BCUT2D eigenvalue weighted by atomic mass is 16.5. The number of aliphatic hydroxyl groups excluding tert-OH is 1. The van der Waals surface area contributed by atoms with E-state index in [4.69, 9.17) is 9.84 Å². The molecule has 0 amide bonds. The minimum absolute atomic E-state index is 0.200. The number of hydrogen-bond donors (Lipinski definition) is 1. The Morgan fingerprint density at radius 3 is 2.71 bits per heavy atom. The first-order valence-electron chi connectivity index (χ1n) is 5.05. The van der Waals surface area contributed by atoms with Crippen molar-refractivity contribution >= 4 is 0 Å². The first kappa shape index (κ1) is 9.69. The van der Waals surface area contributed by atoms with Crippen LogP contribution < -0.4 is 0 Å². The highest BCUT2D eigenvalue weighted by molar-refractivity contribution is 5.22. The van der Waals surface area contributed by atoms with Gasteiger partial charge in [0, 0.05) is 12.5 Å². The van der Waals surface area contributed by atoms with E-state index in [1.54, 1.807) is 0 Å². The quantitative estimate of drug-likeness (QED) is 0.775. The van der Waals surface area contributed by atoms with Crippen LogP contribution in [-0.4, -0.2) is 18.3 Å². The number of hydrogen-bond acceptors (Lipinski definition) is 2. The summed E-state index contributed by atoms with van der Waals surface area (Å²) in [6.45, 7) is 2.99. The summed E-state index contributed by atoms with van der Waals surface area (Å²) in [5.41, 5.74) is 1.00. The average molecular weight is 192 g/mol. The van der Waals surface area contributed by atoms with E-state index in [-0.39, 0.29) is 12.2 Å². The van der Waals surface area contributed by atoms with Gasteiger partial charge >= 0.3 is 0 Å². The monoisotopic (exact) mass is 192 g/mol. The fourth-order valence-corrected chi connectivity index (χ4v) is 2.08. The van der Waals surface area contributed by atoms with E-state index < -0.39 is 0 Å². The topological polar surface area (TPSA) is 29.5 Å². The van der Waals surface area contributed by atoms with Gasteiger partial charge in [-0.15, -0.1) is 0 Å². The first-order chi connectivity index (χ1) is 6.74. The van der Waals surface area contributed by atoms with E-state index >= 15 is 0 Å². The zero-order valence-corrected chi connectivity index (χ0v) is 8.44. The summed E-state index contributed by atoms with van der Waals surface area (Å²) in [6.07, 6.45) is 0.910. The van der Waals surface area contributed by atoms with Crippen LogP contribution in [0.5, 0.6) is 0 Å². The van der Waals surface area contributed by atoms with Crippen molar-refractivity contribution < 1.29 is 9.84 Å². The molecule has 0 aromatic heterocycles. The molecule has 1 aromatic carbocycles. The van der Waals surface area contributed by atoms with Crippen LogP contribution in [0.15, 0.2) is 30.3 Å². The van der Waals surface area contributed by atoms with Gasteiger partial charge in [0.1, 0.15) is 0 Å². The van der Waals surface area contributed by atoms with Gasteiger partial charge in [-0.2, -0.15) is 0 Å². The Kier molecular flexibility index (Phi) is 2.57. The molecule has 1 aromatic rings. The lowest BCUT2D eigenvalue weighted by Crippen LogP contribution is -2.20. The summed E-state index contributed by atoms with van der Waals surface area (Å²) in [5.74, 6) is 0.292. The molecule has 1 saturated heterocycles. The fraction of sp³-hybridized carbons (Fsp3) is 0.500. The Hall–Kier alpha value is -0.860. The molecule has 0 spiro atoms. The smallest absolute Gasteiger partial charge is 0.0907 e. The second kappa shape index (κ2) is 3.71. The van der Waals surface area contributed by atoms with E-state index in [1.807, 2.05) is 18.2 Å². The summed E-state index contributed by atoms with van der Waals surface area (Å²) in [5, 5.41) is 9.07. The van der Waals surface area contributed by atoms with Crippen LogP contribution in [0.4, 0.5) is 0 Å². The molecule has 0 unspecified atom stereocenters. The van der Waals surface area contributed by atoms with E-state index in [9.17, 15) is 0 Å². The molecule has 2 rings (SSSR count). The number of rotatable bonds is 2. The molecule has 0 bridgehead atoms. The molecule has 1 N–H and O–H groups in total. The summed E-state index contributed by atoms with van der Waals surface area (Å²) in [6, 6.07) is 10.2. The predicted molar refractivity (Wildman–Crippen MR) is 54.9 cm³/mol. The summed E-state index contributed by atoms with van der Waals surface area (Å²) in [7, 11) is 0. The fourth-order valence-electron chi connectivity index (χ4n) is 2.08. The van der Waals surface area contributed by atoms with Gasteiger partial charge in [0.25, 0.3) is 0 Å². The maximum atomic E-state index is 9.07. The molecule has 1 fully saturated rings. The Morgan fingerprint density at radius 1 is 1.43 bits per heavy atom. The van der Waals surface area contributed by atoms with Crippen molar-refractivity contribution in [1.29, 1.82) is 0 Å². The van der Waals surface area contributed by atoms with Gasteiger partial charge in [0.2, 0.25) is 0 Å². The third kappa shape index (κ3) is 1.68. The van der Waals surface area contributed by atoms with Crippen LogP contribution in [-0.2, 0) is 10.3 Å². The Bertz CT molecular complexity index is 296. The van der Waals surface area contributed by atoms with Crippen LogP contribution in [0.3, 0.4) is 0 Å². The van der Waals surface area contributed by atoms with Crippen LogP contribution in [0.2, 0.25) is 0 Å². The molecule has 2 nitrogen and oxygen atoms in total. The average Bonchev–Trinajstić information content (AvgIpc) is 2.63. The molecular formula is C12H16O2. The molecule has 14 heavy (non-hydrogen) atoms. The highest BCUT2D eigenvalue weighted by Crippen LogP contribution is 2.38. The van der Waals surface area contributed by atoms with Crippen molar-refractivity contribution in [3.8, 4) is 0 Å². The van der Waals surface area contributed by atoms with Gasteiger partial charge in [0.05, 0.1) is 12.2 Å². The second-order valence-electron chi connectivity index (χ2n) is 4.16. The highest BCUT2D eigenvalue weighted by Gasteiger charge is 2.37. The molecule has 76 valence electrons. The van der Waals surface area contributed by atoms with Gasteiger partial charge in [-0.05, 0) is 18.9 Å². The minimum atomic E-state index is -0.200. The van der Waals surface area contributed by atoms with Crippen LogP contribution in [0.25, 0.3) is 0 Å². The van der Waals surface area contributed by atoms with E-state index in [1.165, 1.54) is 5.56 Å². The molecule has 0 radical (unpaired) electrons. The van der Waals surface area contributed by atoms with Crippen molar-refractivity contribution in [3.63, 3.8) is 0 Å². The molecule has 0 saturated carbocycles. The predicted octanol–water partition coefficient (Wildman–Crippen LogP) is 1.93. The maximum absolute atomic E-state index is 9.07. The van der Waals surface area contributed by atoms with Gasteiger partial charge in [-0.25, -0.2) is 0 Å². The summed E-state index contributed by atoms with van der Waals surface area (Å²) in [4.78, 5) is 0. The van der Waals surface area contributed by atoms with E-state index in [2.05, 4.69) is 19.1 Å². The summed E-state index contributed by atoms with van der Waals surface area (Å²) < 4.78 is 5.77. The zero-order valence-electron chi connectivity index (χ0n) is 8.44. The van der Waals surface area contributed by atoms with Gasteiger partial charge in [-0.1, -0.05) is 30.3 Å². The molecule has 2 heteroatoms. The number of ether oxygens (including phenoxy) is 1. The van der Waals surface area contributed by atoms with Gasteiger partial charge in [-0.3, -0.25) is 0 Å². The third-order valence-corrected chi connectivity index (χ3v) is 2.96. The zero-order chi connectivity index (χ0) is 10.0. The second-order valence-corrected chi connectivity index (χ2v) is 4.16. The molecule has 1 aliphatic heterocycles. The molecule has 0 aliphatic carbocycles. The summed E-state index contributed by atoms with van der Waals surface area (Å²) >= 11 is 0. The van der Waals surface area contributed by atoms with Crippen LogP contribution >= 0.6 is 0 Å². The van der Waals surface area contributed by atoms with Gasteiger partial charge in [0.15, 0.2) is 0 Å². The van der Waals surface area contributed by atoms with E-state index in [0.29, 0.717) is 12.5 Å². The Labute approximate surface area is 84.5 Å². The van der Waals surface area contributed by atoms with Crippen molar-refractivity contribution in [2.24, 2.45) is 5.92 Å². The molecule has 1 aliphatic rings. The maximum Gasteiger partial charge on any atom is 0.0907 e. The number of benzene rings is 1. The van der Waals surface area contributed by atoms with Crippen molar-refractivity contribution in [1.82, 2.24) is 0 Å². The van der Waals surface area contributed by atoms with Crippen molar-refractivity contribution in [2.75, 3.05) is 13.2 Å². The largest absolute Gasteiger partial charge is 0.396 e. The van der Waals surface area contributed by atoms with Gasteiger partial charge < -0.3 is 9.84 Å². The molecular weight excluding hydrogens is 176 g/mol.